The highest BCUT2D eigenvalue weighted by Gasteiger charge is 2.21. The number of ether oxygens (including phenoxy) is 1. The molecule has 1 aromatic rings. The van der Waals surface area contributed by atoms with E-state index in [-0.39, 0.29) is 0 Å². The van der Waals surface area contributed by atoms with E-state index in [0.717, 1.165) is 32.0 Å². The summed E-state index contributed by atoms with van der Waals surface area (Å²) in [6.07, 6.45) is 2.44. The van der Waals surface area contributed by atoms with E-state index in [1.54, 1.807) is 18.4 Å². The molecule has 4 heteroatoms. The molecule has 1 aliphatic rings. The maximum Gasteiger partial charge on any atom is 0.0503 e. The largest absolute Gasteiger partial charge is 0.384 e. The van der Waals surface area contributed by atoms with Crippen LogP contribution >= 0.6 is 11.3 Å². The van der Waals surface area contributed by atoms with Gasteiger partial charge >= 0.3 is 0 Å². The molecule has 1 aromatic heterocycles. The zero-order valence-electron chi connectivity index (χ0n) is 11.2. The lowest BCUT2D eigenvalue weighted by atomic mass is 10.1. The van der Waals surface area contributed by atoms with Crippen LogP contribution in [0.2, 0.25) is 0 Å². The highest BCUT2D eigenvalue weighted by molar-refractivity contribution is 7.07. The first-order chi connectivity index (χ1) is 8.88. The van der Waals surface area contributed by atoms with Gasteiger partial charge in [0.2, 0.25) is 0 Å². The van der Waals surface area contributed by atoms with Gasteiger partial charge in [0.1, 0.15) is 0 Å². The number of likely N-dealkylation sites (tertiary alicyclic amines) is 1. The molecule has 1 N–H and O–H groups in total. The quantitative estimate of drug-likeness (QED) is 0.728. The maximum atomic E-state index is 5.22. The molecule has 1 atom stereocenters. The van der Waals surface area contributed by atoms with Gasteiger partial charge < -0.3 is 15.0 Å². The Morgan fingerprint density at radius 2 is 2.44 bits per heavy atom. The molecule has 1 saturated heterocycles. The van der Waals surface area contributed by atoms with Crippen molar-refractivity contribution in [3.8, 4) is 0 Å². The zero-order valence-corrected chi connectivity index (χ0v) is 12.0. The van der Waals surface area contributed by atoms with Gasteiger partial charge in [-0.25, -0.2) is 0 Å². The summed E-state index contributed by atoms with van der Waals surface area (Å²) in [6, 6.07) is 2.21. The van der Waals surface area contributed by atoms with Crippen LogP contribution in [0.3, 0.4) is 0 Å². The van der Waals surface area contributed by atoms with Crippen molar-refractivity contribution in [3.63, 3.8) is 0 Å². The molecule has 2 heterocycles. The molecule has 0 radical (unpaired) electrons. The van der Waals surface area contributed by atoms with Gasteiger partial charge in [-0.3, -0.25) is 0 Å². The normalized spacial score (nSPS) is 20.6. The van der Waals surface area contributed by atoms with E-state index in [1.807, 2.05) is 0 Å². The first-order valence-corrected chi connectivity index (χ1v) is 7.76. The van der Waals surface area contributed by atoms with Gasteiger partial charge in [-0.1, -0.05) is 0 Å². The molecule has 0 spiro atoms. The van der Waals surface area contributed by atoms with Crippen molar-refractivity contribution < 1.29 is 4.74 Å². The Labute approximate surface area is 114 Å². The molecule has 0 aromatic carbocycles. The van der Waals surface area contributed by atoms with E-state index >= 15 is 0 Å². The zero-order chi connectivity index (χ0) is 12.6. The highest BCUT2D eigenvalue weighted by Crippen LogP contribution is 2.15. The molecule has 18 heavy (non-hydrogen) atoms. The SMILES string of the molecule is COCC1CCN(CCNCCc2ccsc2)C1. The van der Waals surface area contributed by atoms with Gasteiger partial charge in [-0.05, 0) is 54.2 Å². The molecule has 0 bridgehead atoms. The monoisotopic (exact) mass is 268 g/mol. The standard InChI is InChI=1S/C14H24N2OS/c1-17-11-14-3-7-16(10-14)8-6-15-5-2-13-4-9-18-12-13/h4,9,12,14-15H,2-3,5-8,10-11H2,1H3. The molecule has 1 fully saturated rings. The van der Waals surface area contributed by atoms with Crippen LogP contribution in [0, 0.1) is 5.92 Å². The van der Waals surface area contributed by atoms with Gasteiger partial charge in [-0.15, -0.1) is 0 Å². The first-order valence-electron chi connectivity index (χ1n) is 6.81. The minimum Gasteiger partial charge on any atom is -0.384 e. The van der Waals surface area contributed by atoms with Crippen LogP contribution in [0.25, 0.3) is 0 Å². The van der Waals surface area contributed by atoms with Gasteiger partial charge in [0, 0.05) is 26.7 Å². The molecule has 1 unspecified atom stereocenters. The summed E-state index contributed by atoms with van der Waals surface area (Å²) in [5.41, 5.74) is 1.45. The molecule has 1 aliphatic heterocycles. The summed E-state index contributed by atoms with van der Waals surface area (Å²) < 4.78 is 5.22. The molecular formula is C14H24N2OS. The third-order valence-corrected chi connectivity index (χ3v) is 4.28. The molecule has 102 valence electrons. The average molecular weight is 268 g/mol. The molecule has 0 amide bonds. The number of hydrogen-bond donors (Lipinski definition) is 1. The van der Waals surface area contributed by atoms with Gasteiger partial charge in [0.25, 0.3) is 0 Å². The smallest absolute Gasteiger partial charge is 0.0503 e. The predicted molar refractivity (Wildman–Crippen MR) is 77.3 cm³/mol. The van der Waals surface area contributed by atoms with Crippen molar-refractivity contribution in [1.29, 1.82) is 0 Å². The Balaban J connectivity index is 1.49. The van der Waals surface area contributed by atoms with Crippen LogP contribution < -0.4 is 5.32 Å². The summed E-state index contributed by atoms with van der Waals surface area (Å²) in [6.45, 7) is 6.72. The predicted octanol–water partition coefficient (Wildman–Crippen LogP) is 1.85. The highest BCUT2D eigenvalue weighted by atomic mass is 32.1. The molecule has 3 nitrogen and oxygen atoms in total. The van der Waals surface area contributed by atoms with Crippen molar-refractivity contribution in [2.75, 3.05) is 46.4 Å². The molecular weight excluding hydrogens is 244 g/mol. The van der Waals surface area contributed by atoms with Crippen LogP contribution in [0.15, 0.2) is 16.8 Å². The lowest BCUT2D eigenvalue weighted by molar-refractivity contribution is 0.153. The van der Waals surface area contributed by atoms with Crippen LogP contribution in [0.4, 0.5) is 0 Å². The van der Waals surface area contributed by atoms with E-state index in [2.05, 4.69) is 27.0 Å². The number of nitrogens with zero attached hydrogens (tertiary/aromatic N) is 1. The topological polar surface area (TPSA) is 24.5 Å². The summed E-state index contributed by atoms with van der Waals surface area (Å²) in [5.74, 6) is 0.751. The fraction of sp³-hybridized carbons (Fsp3) is 0.714. The van der Waals surface area contributed by atoms with Crippen LogP contribution in [0.1, 0.15) is 12.0 Å². The number of methoxy groups -OCH3 is 1. The van der Waals surface area contributed by atoms with Crippen molar-refractivity contribution in [1.82, 2.24) is 10.2 Å². The van der Waals surface area contributed by atoms with Gasteiger partial charge in [0.05, 0.1) is 6.61 Å². The van der Waals surface area contributed by atoms with Crippen LogP contribution in [-0.2, 0) is 11.2 Å². The first kappa shape index (κ1) is 14.0. The van der Waals surface area contributed by atoms with Crippen LogP contribution in [0.5, 0.6) is 0 Å². The number of hydrogen-bond acceptors (Lipinski definition) is 4. The van der Waals surface area contributed by atoms with Crippen LogP contribution in [-0.4, -0.2) is 51.3 Å². The van der Waals surface area contributed by atoms with E-state index in [1.165, 1.54) is 31.6 Å². The fourth-order valence-corrected chi connectivity index (χ4v) is 3.22. The van der Waals surface area contributed by atoms with Crippen molar-refractivity contribution >= 4 is 11.3 Å². The van der Waals surface area contributed by atoms with Crippen molar-refractivity contribution in [3.05, 3.63) is 22.4 Å². The second-order valence-corrected chi connectivity index (χ2v) is 5.82. The fourth-order valence-electron chi connectivity index (χ4n) is 2.52. The lowest BCUT2D eigenvalue weighted by Crippen LogP contribution is -2.31. The second kappa shape index (κ2) is 7.89. The summed E-state index contributed by atoms with van der Waals surface area (Å²) >= 11 is 1.78. The van der Waals surface area contributed by atoms with Crippen molar-refractivity contribution in [2.24, 2.45) is 5.92 Å². The summed E-state index contributed by atoms with van der Waals surface area (Å²) in [5, 5.41) is 7.91. The Hall–Kier alpha value is -0.420. The number of nitrogens with one attached hydrogen (secondary N) is 1. The Bertz CT molecular complexity index is 316. The molecule has 0 saturated carbocycles. The third kappa shape index (κ3) is 4.69. The Morgan fingerprint density at radius 1 is 1.50 bits per heavy atom. The second-order valence-electron chi connectivity index (χ2n) is 5.04. The number of rotatable bonds is 8. The molecule has 2 rings (SSSR count). The maximum absolute atomic E-state index is 5.22. The third-order valence-electron chi connectivity index (χ3n) is 3.55. The van der Waals surface area contributed by atoms with Gasteiger partial charge in [0.15, 0.2) is 0 Å². The minimum atomic E-state index is 0.751. The number of thiophene rings is 1. The summed E-state index contributed by atoms with van der Waals surface area (Å²) in [7, 11) is 1.80. The Kier molecular flexibility index (Phi) is 6.14. The Morgan fingerprint density at radius 3 is 3.22 bits per heavy atom. The van der Waals surface area contributed by atoms with E-state index in [4.69, 9.17) is 4.74 Å². The van der Waals surface area contributed by atoms with Crippen molar-refractivity contribution in [2.45, 2.75) is 12.8 Å². The lowest BCUT2D eigenvalue weighted by Gasteiger charge is -2.16. The minimum absolute atomic E-state index is 0.751. The average Bonchev–Trinajstić information content (AvgIpc) is 3.01. The molecule has 0 aliphatic carbocycles. The van der Waals surface area contributed by atoms with E-state index < -0.39 is 0 Å². The van der Waals surface area contributed by atoms with E-state index in [0.29, 0.717) is 0 Å². The summed E-state index contributed by atoms with van der Waals surface area (Å²) in [4.78, 5) is 2.54. The van der Waals surface area contributed by atoms with Gasteiger partial charge in [-0.2, -0.15) is 11.3 Å². The van der Waals surface area contributed by atoms with E-state index in [9.17, 15) is 0 Å².